The zero-order chi connectivity index (χ0) is 22.5. The van der Waals surface area contributed by atoms with Gasteiger partial charge in [0.1, 0.15) is 12.4 Å². The van der Waals surface area contributed by atoms with E-state index in [-0.39, 0.29) is 5.91 Å². The molecule has 0 unspecified atom stereocenters. The molecule has 1 saturated heterocycles. The Morgan fingerprint density at radius 1 is 0.938 bits per heavy atom. The topological polar surface area (TPSA) is 41.9 Å². The van der Waals surface area contributed by atoms with E-state index >= 15 is 0 Å². The molecule has 1 amide bonds. The molecular formula is C27H26N2O2S. The minimum Gasteiger partial charge on any atom is -0.488 e. The summed E-state index contributed by atoms with van der Waals surface area (Å²) in [6, 6.07) is 24.0. The van der Waals surface area contributed by atoms with Gasteiger partial charge in [-0.25, -0.2) is 4.99 Å². The van der Waals surface area contributed by atoms with Gasteiger partial charge in [-0.3, -0.25) is 9.69 Å². The zero-order valence-electron chi connectivity index (χ0n) is 18.5. The molecule has 0 atom stereocenters. The fourth-order valence-electron chi connectivity index (χ4n) is 3.56. The number of amidine groups is 1. The van der Waals surface area contributed by atoms with Crippen molar-refractivity contribution in [3.8, 4) is 5.75 Å². The first-order valence-corrected chi connectivity index (χ1v) is 11.5. The van der Waals surface area contributed by atoms with Crippen LogP contribution in [0.5, 0.6) is 5.75 Å². The minimum absolute atomic E-state index is 0.0275. The standard InChI is InChI=1S/C27H26N2O2S/c1-4-29-26(30)24(32-27(29)28-25-19(2)11-10-12-20(25)3)17-22-15-8-9-16-23(22)31-18-21-13-6-5-7-14-21/h5-17H,4,18H2,1-3H3/b24-17+,28-27?. The van der Waals surface area contributed by atoms with Crippen LogP contribution >= 0.6 is 11.8 Å². The van der Waals surface area contributed by atoms with Crippen molar-refractivity contribution in [3.05, 3.63) is 100.0 Å². The quantitative estimate of drug-likeness (QED) is 0.409. The van der Waals surface area contributed by atoms with Crippen molar-refractivity contribution in [1.82, 2.24) is 4.90 Å². The number of benzene rings is 3. The van der Waals surface area contributed by atoms with Crippen molar-refractivity contribution >= 4 is 34.6 Å². The molecule has 32 heavy (non-hydrogen) atoms. The second-order valence-corrected chi connectivity index (χ2v) is 8.62. The summed E-state index contributed by atoms with van der Waals surface area (Å²) in [5.41, 5.74) is 5.09. The number of aliphatic imine (C=N–C) groups is 1. The van der Waals surface area contributed by atoms with Crippen molar-refractivity contribution in [2.75, 3.05) is 6.54 Å². The Balaban J connectivity index is 1.62. The predicted molar refractivity (Wildman–Crippen MR) is 133 cm³/mol. The number of amides is 1. The number of thioether (sulfide) groups is 1. The van der Waals surface area contributed by atoms with Crippen LogP contribution < -0.4 is 4.74 Å². The Kier molecular flexibility index (Phi) is 6.76. The number of likely N-dealkylation sites (N-methyl/N-ethyl adjacent to an activating group) is 1. The lowest BCUT2D eigenvalue weighted by molar-refractivity contribution is -0.122. The van der Waals surface area contributed by atoms with Crippen molar-refractivity contribution in [1.29, 1.82) is 0 Å². The van der Waals surface area contributed by atoms with Gasteiger partial charge in [-0.2, -0.15) is 0 Å². The van der Waals surface area contributed by atoms with Crippen molar-refractivity contribution in [2.45, 2.75) is 27.4 Å². The summed E-state index contributed by atoms with van der Waals surface area (Å²) in [5, 5.41) is 0.712. The smallest absolute Gasteiger partial charge is 0.266 e. The summed E-state index contributed by atoms with van der Waals surface area (Å²) >= 11 is 1.41. The molecule has 0 bridgehead atoms. The third kappa shape index (κ3) is 4.78. The van der Waals surface area contributed by atoms with Gasteiger partial charge in [0.05, 0.1) is 10.6 Å². The van der Waals surface area contributed by atoms with E-state index in [0.29, 0.717) is 23.2 Å². The first kappa shape index (κ1) is 21.9. The number of carbonyl (C=O) groups excluding carboxylic acids is 1. The van der Waals surface area contributed by atoms with Gasteiger partial charge in [-0.15, -0.1) is 0 Å². The molecule has 0 aromatic heterocycles. The molecule has 0 radical (unpaired) electrons. The number of rotatable bonds is 6. The lowest BCUT2D eigenvalue weighted by Crippen LogP contribution is -2.28. The molecule has 0 N–H and O–H groups in total. The van der Waals surface area contributed by atoms with Crippen LogP contribution in [0.25, 0.3) is 6.08 Å². The molecule has 4 nitrogen and oxygen atoms in total. The molecule has 4 rings (SSSR count). The highest BCUT2D eigenvalue weighted by atomic mass is 32.2. The number of hydrogen-bond acceptors (Lipinski definition) is 4. The molecule has 1 aliphatic heterocycles. The van der Waals surface area contributed by atoms with E-state index in [4.69, 9.17) is 9.73 Å². The maximum Gasteiger partial charge on any atom is 0.266 e. The largest absolute Gasteiger partial charge is 0.488 e. The predicted octanol–water partition coefficient (Wildman–Crippen LogP) is 6.51. The van der Waals surface area contributed by atoms with Gasteiger partial charge in [0, 0.05) is 12.1 Å². The second-order valence-electron chi connectivity index (χ2n) is 7.61. The van der Waals surface area contributed by atoms with Gasteiger partial charge in [0.15, 0.2) is 5.17 Å². The maximum absolute atomic E-state index is 13.1. The van der Waals surface area contributed by atoms with Crippen LogP contribution in [-0.4, -0.2) is 22.5 Å². The van der Waals surface area contributed by atoms with Crippen LogP contribution in [0, 0.1) is 13.8 Å². The number of hydrogen-bond donors (Lipinski definition) is 0. The van der Waals surface area contributed by atoms with E-state index in [0.717, 1.165) is 33.7 Å². The first-order valence-electron chi connectivity index (χ1n) is 10.7. The summed E-state index contributed by atoms with van der Waals surface area (Å²) in [5.74, 6) is 0.723. The van der Waals surface area contributed by atoms with Crippen molar-refractivity contribution in [2.24, 2.45) is 4.99 Å². The number of carbonyl (C=O) groups is 1. The van der Waals surface area contributed by atoms with Crippen LogP contribution in [0.2, 0.25) is 0 Å². The average Bonchev–Trinajstić information content (AvgIpc) is 3.10. The van der Waals surface area contributed by atoms with Gasteiger partial charge in [0.2, 0.25) is 0 Å². The van der Waals surface area contributed by atoms with E-state index in [2.05, 4.69) is 0 Å². The van der Waals surface area contributed by atoms with Gasteiger partial charge in [-0.1, -0.05) is 66.7 Å². The van der Waals surface area contributed by atoms with Crippen LogP contribution in [0.1, 0.15) is 29.2 Å². The molecule has 1 fully saturated rings. The number of ether oxygens (including phenoxy) is 1. The van der Waals surface area contributed by atoms with E-state index in [1.807, 2.05) is 99.6 Å². The monoisotopic (exact) mass is 442 g/mol. The third-order valence-electron chi connectivity index (χ3n) is 5.29. The maximum atomic E-state index is 13.1. The Labute approximate surface area is 193 Å². The van der Waals surface area contributed by atoms with E-state index in [1.54, 1.807) is 4.90 Å². The highest BCUT2D eigenvalue weighted by Gasteiger charge is 2.32. The molecule has 162 valence electrons. The number of nitrogens with zero attached hydrogens (tertiary/aromatic N) is 2. The van der Waals surface area contributed by atoms with Crippen molar-refractivity contribution < 1.29 is 9.53 Å². The SMILES string of the molecule is CCN1C(=O)/C(=C\c2ccccc2OCc2ccccc2)SC1=Nc1c(C)cccc1C. The van der Waals surface area contributed by atoms with Crippen molar-refractivity contribution in [3.63, 3.8) is 0 Å². The third-order valence-corrected chi connectivity index (χ3v) is 6.30. The summed E-state index contributed by atoms with van der Waals surface area (Å²) in [7, 11) is 0. The molecular weight excluding hydrogens is 416 g/mol. The molecule has 0 spiro atoms. The number of para-hydroxylation sites is 2. The van der Waals surface area contributed by atoms with Crippen LogP contribution in [-0.2, 0) is 11.4 Å². The Bertz CT molecular complexity index is 1170. The summed E-state index contributed by atoms with van der Waals surface area (Å²) in [4.78, 5) is 20.4. The summed E-state index contributed by atoms with van der Waals surface area (Å²) in [6.45, 7) is 7.10. The van der Waals surface area contributed by atoms with E-state index < -0.39 is 0 Å². The molecule has 5 heteroatoms. The minimum atomic E-state index is -0.0275. The fraction of sp³-hybridized carbons (Fsp3) is 0.185. The molecule has 1 heterocycles. The lowest BCUT2D eigenvalue weighted by atomic mass is 10.1. The fourth-order valence-corrected chi connectivity index (χ4v) is 4.59. The summed E-state index contributed by atoms with van der Waals surface area (Å²) in [6.07, 6.45) is 1.91. The van der Waals surface area contributed by atoms with Gasteiger partial charge >= 0.3 is 0 Å². The van der Waals surface area contributed by atoms with E-state index in [9.17, 15) is 4.79 Å². The molecule has 3 aromatic rings. The second kappa shape index (κ2) is 9.88. The Morgan fingerprint density at radius 2 is 1.62 bits per heavy atom. The van der Waals surface area contributed by atoms with Crippen LogP contribution in [0.4, 0.5) is 5.69 Å². The molecule has 0 saturated carbocycles. The highest BCUT2D eigenvalue weighted by molar-refractivity contribution is 8.18. The molecule has 0 aliphatic carbocycles. The number of aryl methyl sites for hydroxylation is 2. The van der Waals surface area contributed by atoms with Gasteiger partial charge in [-0.05, 0) is 61.4 Å². The van der Waals surface area contributed by atoms with Crippen LogP contribution in [0.15, 0.2) is 82.7 Å². The molecule has 1 aliphatic rings. The first-order chi connectivity index (χ1) is 15.6. The highest BCUT2D eigenvalue weighted by Crippen LogP contribution is 2.36. The average molecular weight is 443 g/mol. The normalized spacial score (nSPS) is 16.2. The zero-order valence-corrected chi connectivity index (χ0v) is 19.4. The summed E-state index contributed by atoms with van der Waals surface area (Å²) < 4.78 is 6.07. The van der Waals surface area contributed by atoms with Gasteiger partial charge in [0.25, 0.3) is 5.91 Å². The lowest BCUT2D eigenvalue weighted by Gasteiger charge is -2.13. The Hall–Kier alpha value is -3.31. The Morgan fingerprint density at radius 3 is 2.34 bits per heavy atom. The van der Waals surface area contributed by atoms with Gasteiger partial charge < -0.3 is 4.74 Å². The van der Waals surface area contributed by atoms with Crippen LogP contribution in [0.3, 0.4) is 0 Å². The molecule has 3 aromatic carbocycles. The van der Waals surface area contributed by atoms with E-state index in [1.165, 1.54) is 11.8 Å².